The lowest BCUT2D eigenvalue weighted by molar-refractivity contribution is 0.00578. The molecule has 0 aromatic carbocycles. The molecule has 0 radical (unpaired) electrons. The Labute approximate surface area is 120 Å². The third kappa shape index (κ3) is 2.53. The van der Waals surface area contributed by atoms with E-state index in [2.05, 4.69) is 4.98 Å². The molecule has 0 aliphatic carbocycles. The van der Waals surface area contributed by atoms with Crippen LogP contribution >= 0.6 is 0 Å². The van der Waals surface area contributed by atoms with E-state index in [4.69, 9.17) is 20.8 Å². The van der Waals surface area contributed by atoms with Gasteiger partial charge in [0.2, 0.25) is 0 Å². The highest BCUT2D eigenvalue weighted by Crippen LogP contribution is 2.37. The molecule has 1 aromatic rings. The van der Waals surface area contributed by atoms with Gasteiger partial charge in [0.15, 0.2) is 0 Å². The molecule has 6 heteroatoms. The van der Waals surface area contributed by atoms with Gasteiger partial charge in [-0.2, -0.15) is 0 Å². The van der Waals surface area contributed by atoms with Gasteiger partial charge in [-0.05, 0) is 45.7 Å². The first-order valence-electron chi connectivity index (χ1n) is 6.68. The molecule has 2 heterocycles. The summed E-state index contributed by atoms with van der Waals surface area (Å²) in [5, 5.41) is 0. The molecular weight excluding hydrogens is 253 g/mol. The molecule has 1 aliphatic rings. The summed E-state index contributed by atoms with van der Waals surface area (Å²) in [6, 6.07) is 0. The molecule has 0 saturated carbocycles. The monoisotopic (exact) mass is 275 g/mol. The molecule has 1 saturated heterocycles. The summed E-state index contributed by atoms with van der Waals surface area (Å²) < 4.78 is 11.8. The van der Waals surface area contributed by atoms with Gasteiger partial charge in [-0.3, -0.25) is 0 Å². The van der Waals surface area contributed by atoms with Gasteiger partial charge in [0, 0.05) is 6.20 Å². The normalized spacial score (nSPS) is 20.8. The fourth-order valence-corrected chi connectivity index (χ4v) is 1.97. The summed E-state index contributed by atoms with van der Waals surface area (Å²) >= 11 is 0. The van der Waals surface area contributed by atoms with Crippen LogP contribution in [0.3, 0.4) is 0 Å². The van der Waals surface area contributed by atoms with Gasteiger partial charge in [0.1, 0.15) is 5.82 Å². The van der Waals surface area contributed by atoms with Crippen LogP contribution in [0.15, 0.2) is 12.2 Å². The van der Waals surface area contributed by atoms with Crippen LogP contribution in [0.5, 0.6) is 0 Å². The van der Waals surface area contributed by atoms with Crippen molar-refractivity contribution in [2.75, 3.05) is 11.5 Å². The predicted molar refractivity (Wildman–Crippen MR) is 82.9 cm³/mol. The second-order valence-corrected chi connectivity index (χ2v) is 6.12. The molecule has 0 spiro atoms. The molecule has 1 fully saturated rings. The van der Waals surface area contributed by atoms with E-state index in [1.54, 1.807) is 6.20 Å². The van der Waals surface area contributed by atoms with E-state index >= 15 is 0 Å². The molecule has 5 nitrogen and oxygen atoms in total. The maximum absolute atomic E-state index is 5.89. The quantitative estimate of drug-likeness (QED) is 0.808. The van der Waals surface area contributed by atoms with Crippen LogP contribution in [0.2, 0.25) is 0 Å². The fourth-order valence-electron chi connectivity index (χ4n) is 1.97. The Morgan fingerprint density at radius 2 is 1.70 bits per heavy atom. The first kappa shape index (κ1) is 14.9. The summed E-state index contributed by atoms with van der Waals surface area (Å²) in [5.74, 6) is 2.23. The van der Waals surface area contributed by atoms with Crippen molar-refractivity contribution in [2.24, 2.45) is 0 Å². The highest BCUT2D eigenvalue weighted by molar-refractivity contribution is 6.52. The van der Waals surface area contributed by atoms with Gasteiger partial charge in [-0.1, -0.05) is 12.1 Å². The van der Waals surface area contributed by atoms with Crippen LogP contribution in [0, 0.1) is 6.92 Å². The van der Waals surface area contributed by atoms with Crippen LogP contribution in [-0.2, 0) is 9.31 Å². The number of hydrogen-bond acceptors (Lipinski definition) is 5. The van der Waals surface area contributed by atoms with Crippen LogP contribution in [-0.4, -0.2) is 23.3 Å². The molecule has 108 valence electrons. The second-order valence-electron chi connectivity index (χ2n) is 6.12. The number of nitrogens with zero attached hydrogens (tertiary/aromatic N) is 1. The van der Waals surface area contributed by atoms with Crippen molar-refractivity contribution in [1.82, 2.24) is 4.98 Å². The first-order chi connectivity index (χ1) is 9.14. The zero-order valence-corrected chi connectivity index (χ0v) is 12.7. The topological polar surface area (TPSA) is 83.4 Å². The minimum Gasteiger partial charge on any atom is -0.400 e. The first-order valence-corrected chi connectivity index (χ1v) is 6.68. The maximum Gasteiger partial charge on any atom is 0.487 e. The average molecular weight is 275 g/mol. The van der Waals surface area contributed by atoms with Gasteiger partial charge in [0.25, 0.3) is 0 Å². The Bertz CT molecular complexity index is 540. The molecule has 2 rings (SSSR count). The average Bonchev–Trinajstić information content (AvgIpc) is 2.54. The minimum absolute atomic E-state index is 0.338. The molecule has 1 aromatic heterocycles. The standard InChI is InChI=1S/C14H22BN3O2/c1-9-10(8-18-12(17)11(9)16)6-7-15-19-13(2,3)14(4,5)20-15/h6-8H,16H2,1-5H3,(H2,17,18)/b7-6+. The van der Waals surface area contributed by atoms with E-state index in [-0.39, 0.29) is 18.3 Å². The highest BCUT2D eigenvalue weighted by atomic mass is 16.7. The SMILES string of the molecule is Cc1c(/C=C/B2OC(C)(C)C(C)(C)O2)cnc(N)c1N. The molecule has 1 aliphatic heterocycles. The van der Waals surface area contributed by atoms with E-state index in [1.807, 2.05) is 46.7 Å². The van der Waals surface area contributed by atoms with Crippen molar-refractivity contribution in [3.05, 3.63) is 23.3 Å². The van der Waals surface area contributed by atoms with Crippen molar-refractivity contribution in [1.29, 1.82) is 0 Å². The Morgan fingerprint density at radius 3 is 2.25 bits per heavy atom. The Hall–Kier alpha value is -1.53. The van der Waals surface area contributed by atoms with Crippen LogP contribution in [0.4, 0.5) is 11.5 Å². The number of hydrogen-bond donors (Lipinski definition) is 2. The van der Waals surface area contributed by atoms with Gasteiger partial charge >= 0.3 is 7.12 Å². The summed E-state index contributed by atoms with van der Waals surface area (Å²) in [6.07, 6.45) is 3.60. The number of rotatable bonds is 2. The molecule has 4 N–H and O–H groups in total. The van der Waals surface area contributed by atoms with Gasteiger partial charge < -0.3 is 20.8 Å². The van der Waals surface area contributed by atoms with Crippen molar-refractivity contribution < 1.29 is 9.31 Å². The van der Waals surface area contributed by atoms with Crippen LogP contribution in [0.25, 0.3) is 6.08 Å². The van der Waals surface area contributed by atoms with E-state index in [0.29, 0.717) is 11.5 Å². The number of aromatic nitrogens is 1. The Kier molecular flexibility index (Phi) is 3.56. The molecule has 0 atom stereocenters. The maximum atomic E-state index is 5.89. The predicted octanol–water partition coefficient (Wildman–Crippen LogP) is 2.20. The lowest BCUT2D eigenvalue weighted by Crippen LogP contribution is -2.41. The summed E-state index contributed by atoms with van der Waals surface area (Å²) in [6.45, 7) is 10.0. The van der Waals surface area contributed by atoms with Gasteiger partial charge in [-0.15, -0.1) is 0 Å². The lowest BCUT2D eigenvalue weighted by Gasteiger charge is -2.32. The summed E-state index contributed by atoms with van der Waals surface area (Å²) in [4.78, 5) is 4.06. The number of pyridine rings is 1. The number of anilines is 2. The van der Waals surface area contributed by atoms with Gasteiger partial charge in [0.05, 0.1) is 16.9 Å². The fraction of sp³-hybridized carbons (Fsp3) is 0.500. The van der Waals surface area contributed by atoms with Crippen LogP contribution < -0.4 is 11.5 Å². The summed E-state index contributed by atoms with van der Waals surface area (Å²) in [5.41, 5.74) is 13.2. The zero-order valence-electron chi connectivity index (χ0n) is 12.7. The van der Waals surface area contributed by atoms with Crippen molar-refractivity contribution >= 4 is 24.7 Å². The molecular formula is C14H22BN3O2. The second kappa shape index (κ2) is 4.79. The number of nitrogen functional groups attached to an aromatic ring is 2. The molecule has 0 amide bonds. The molecule has 0 bridgehead atoms. The molecule has 20 heavy (non-hydrogen) atoms. The zero-order chi connectivity index (χ0) is 15.1. The smallest absolute Gasteiger partial charge is 0.400 e. The van der Waals surface area contributed by atoms with Crippen molar-refractivity contribution in [3.8, 4) is 0 Å². The van der Waals surface area contributed by atoms with E-state index in [1.165, 1.54) is 0 Å². The number of nitrogens with two attached hydrogens (primary N) is 2. The van der Waals surface area contributed by atoms with Crippen molar-refractivity contribution in [3.63, 3.8) is 0 Å². The minimum atomic E-state index is -0.377. The van der Waals surface area contributed by atoms with E-state index in [9.17, 15) is 0 Å². The third-order valence-electron chi connectivity index (χ3n) is 4.16. The Morgan fingerprint density at radius 1 is 1.15 bits per heavy atom. The Balaban J connectivity index is 2.18. The molecule has 0 unspecified atom stereocenters. The largest absolute Gasteiger partial charge is 0.487 e. The van der Waals surface area contributed by atoms with Crippen LogP contribution in [0.1, 0.15) is 38.8 Å². The highest BCUT2D eigenvalue weighted by Gasteiger charge is 2.49. The summed E-state index contributed by atoms with van der Waals surface area (Å²) in [7, 11) is -0.377. The lowest BCUT2D eigenvalue weighted by atomic mass is 9.89. The van der Waals surface area contributed by atoms with Crippen molar-refractivity contribution in [2.45, 2.75) is 45.8 Å². The van der Waals surface area contributed by atoms with Gasteiger partial charge in [-0.25, -0.2) is 4.98 Å². The van der Waals surface area contributed by atoms with E-state index in [0.717, 1.165) is 11.1 Å². The third-order valence-corrected chi connectivity index (χ3v) is 4.16. The van der Waals surface area contributed by atoms with E-state index < -0.39 is 0 Å².